The van der Waals surface area contributed by atoms with Crippen LogP contribution < -0.4 is 16.0 Å². The number of carbonyl (C=O) groups excluding carboxylic acids is 1. The third-order valence-electron chi connectivity index (χ3n) is 2.26. The highest BCUT2D eigenvalue weighted by Gasteiger charge is 1.93. The maximum absolute atomic E-state index is 10.6. The van der Waals surface area contributed by atoms with Gasteiger partial charge in [0.2, 0.25) is 5.91 Å². The predicted molar refractivity (Wildman–Crippen MR) is 79.9 cm³/mol. The Bertz CT molecular complexity index is 172. The standard InChI is InChI=1S/C12H27N3O.C2H6/c1-11(2)14-8-6-4-5-7-13-9-10-15-12(3)16;1-2/h11,13-14H,4-10H2,1-3H3,(H,15,16);1-2H3. The number of nitrogens with one attached hydrogen (secondary N) is 3. The molecule has 0 aliphatic carbocycles. The molecule has 0 aliphatic heterocycles. The summed E-state index contributed by atoms with van der Waals surface area (Å²) in [7, 11) is 0. The van der Waals surface area contributed by atoms with E-state index in [1.165, 1.54) is 19.3 Å². The highest BCUT2D eigenvalue weighted by atomic mass is 16.1. The molecule has 0 aliphatic rings. The molecule has 0 radical (unpaired) electrons. The topological polar surface area (TPSA) is 53.2 Å². The molecule has 0 bridgehead atoms. The third-order valence-corrected chi connectivity index (χ3v) is 2.26. The average molecular weight is 259 g/mol. The first-order valence-electron chi connectivity index (χ1n) is 7.31. The Morgan fingerprint density at radius 2 is 1.56 bits per heavy atom. The Morgan fingerprint density at radius 1 is 0.944 bits per heavy atom. The summed E-state index contributed by atoms with van der Waals surface area (Å²) < 4.78 is 0. The Hall–Kier alpha value is -0.610. The van der Waals surface area contributed by atoms with Crippen LogP contribution in [-0.4, -0.2) is 38.1 Å². The zero-order valence-corrected chi connectivity index (χ0v) is 12.9. The van der Waals surface area contributed by atoms with Gasteiger partial charge in [0, 0.05) is 26.1 Å². The van der Waals surface area contributed by atoms with Crippen LogP contribution in [0.5, 0.6) is 0 Å². The second kappa shape index (κ2) is 16.4. The smallest absolute Gasteiger partial charge is 0.216 e. The Balaban J connectivity index is 0. The molecule has 0 saturated heterocycles. The lowest BCUT2D eigenvalue weighted by Gasteiger charge is -2.08. The molecule has 4 heteroatoms. The van der Waals surface area contributed by atoms with E-state index in [2.05, 4.69) is 29.8 Å². The zero-order valence-electron chi connectivity index (χ0n) is 12.9. The molecule has 0 atom stereocenters. The molecular weight excluding hydrogens is 226 g/mol. The molecule has 4 nitrogen and oxygen atoms in total. The van der Waals surface area contributed by atoms with Gasteiger partial charge < -0.3 is 16.0 Å². The summed E-state index contributed by atoms with van der Waals surface area (Å²) in [5.41, 5.74) is 0. The molecule has 0 fully saturated rings. The molecule has 0 rings (SSSR count). The van der Waals surface area contributed by atoms with E-state index in [0.29, 0.717) is 6.04 Å². The van der Waals surface area contributed by atoms with Gasteiger partial charge in [-0.15, -0.1) is 0 Å². The van der Waals surface area contributed by atoms with Crippen molar-refractivity contribution in [1.29, 1.82) is 0 Å². The first kappa shape index (κ1) is 19.7. The SMILES string of the molecule is CC.CC(=O)NCCNCCCCCNC(C)C. The van der Waals surface area contributed by atoms with E-state index < -0.39 is 0 Å². The van der Waals surface area contributed by atoms with Crippen LogP contribution in [0, 0.1) is 0 Å². The van der Waals surface area contributed by atoms with Gasteiger partial charge in [-0.2, -0.15) is 0 Å². The van der Waals surface area contributed by atoms with Gasteiger partial charge in [-0.3, -0.25) is 4.79 Å². The summed E-state index contributed by atoms with van der Waals surface area (Å²) in [6.07, 6.45) is 3.71. The number of hydrogen-bond donors (Lipinski definition) is 3. The highest BCUT2D eigenvalue weighted by Crippen LogP contribution is 1.92. The van der Waals surface area contributed by atoms with Gasteiger partial charge in [-0.1, -0.05) is 34.1 Å². The van der Waals surface area contributed by atoms with Crippen molar-refractivity contribution in [3.05, 3.63) is 0 Å². The van der Waals surface area contributed by atoms with Crippen molar-refractivity contribution in [3.8, 4) is 0 Å². The van der Waals surface area contributed by atoms with E-state index in [9.17, 15) is 4.79 Å². The van der Waals surface area contributed by atoms with Gasteiger partial charge in [0.05, 0.1) is 0 Å². The monoisotopic (exact) mass is 259 g/mol. The van der Waals surface area contributed by atoms with Gasteiger partial charge in [0.25, 0.3) is 0 Å². The molecule has 0 heterocycles. The third kappa shape index (κ3) is 20.8. The number of carbonyl (C=O) groups is 1. The summed E-state index contributed by atoms with van der Waals surface area (Å²) in [5, 5.41) is 9.46. The molecule has 0 aromatic heterocycles. The molecule has 1 amide bonds. The average Bonchev–Trinajstić information content (AvgIpc) is 2.33. The predicted octanol–water partition coefficient (Wildman–Crippen LogP) is 1.91. The molecule has 0 aromatic rings. The molecule has 3 N–H and O–H groups in total. The van der Waals surface area contributed by atoms with E-state index in [0.717, 1.165) is 26.2 Å². The number of hydrogen-bond acceptors (Lipinski definition) is 3. The minimum Gasteiger partial charge on any atom is -0.355 e. The Morgan fingerprint density at radius 3 is 2.11 bits per heavy atom. The van der Waals surface area contributed by atoms with Crippen molar-refractivity contribution >= 4 is 5.91 Å². The van der Waals surface area contributed by atoms with Crippen LogP contribution in [0.4, 0.5) is 0 Å². The number of amides is 1. The Kier molecular flexibility index (Phi) is 18.0. The zero-order chi connectivity index (χ0) is 14.2. The summed E-state index contributed by atoms with van der Waals surface area (Å²) in [6.45, 7) is 13.6. The van der Waals surface area contributed by atoms with Crippen LogP contribution in [0.3, 0.4) is 0 Å². The summed E-state index contributed by atoms with van der Waals surface area (Å²) in [6, 6.07) is 0.593. The van der Waals surface area contributed by atoms with Gasteiger partial charge in [0.15, 0.2) is 0 Å². The molecule has 110 valence electrons. The Labute approximate surface area is 113 Å². The molecule has 0 aromatic carbocycles. The van der Waals surface area contributed by atoms with Gasteiger partial charge in [-0.05, 0) is 25.9 Å². The summed E-state index contributed by atoms with van der Waals surface area (Å²) >= 11 is 0. The van der Waals surface area contributed by atoms with Gasteiger partial charge in [0.1, 0.15) is 0 Å². The lowest BCUT2D eigenvalue weighted by molar-refractivity contribution is -0.118. The van der Waals surface area contributed by atoms with E-state index >= 15 is 0 Å². The minimum atomic E-state index is 0.0431. The maximum atomic E-state index is 10.6. The fraction of sp³-hybridized carbons (Fsp3) is 0.929. The van der Waals surface area contributed by atoms with Crippen molar-refractivity contribution in [2.75, 3.05) is 26.2 Å². The molecule has 0 saturated carbocycles. The largest absolute Gasteiger partial charge is 0.355 e. The van der Waals surface area contributed by atoms with Crippen LogP contribution in [0.1, 0.15) is 53.9 Å². The van der Waals surface area contributed by atoms with Crippen molar-refractivity contribution in [1.82, 2.24) is 16.0 Å². The van der Waals surface area contributed by atoms with Crippen molar-refractivity contribution in [2.24, 2.45) is 0 Å². The first-order valence-corrected chi connectivity index (χ1v) is 7.31. The molecule has 18 heavy (non-hydrogen) atoms. The number of unbranched alkanes of at least 4 members (excludes halogenated alkanes) is 2. The van der Waals surface area contributed by atoms with Crippen LogP contribution in [0.15, 0.2) is 0 Å². The summed E-state index contributed by atoms with van der Waals surface area (Å²) in [5.74, 6) is 0.0431. The van der Waals surface area contributed by atoms with Crippen LogP contribution >= 0.6 is 0 Å². The molecule has 0 unspecified atom stereocenters. The minimum absolute atomic E-state index is 0.0431. The molecular formula is C14H33N3O. The van der Waals surface area contributed by atoms with E-state index in [1.54, 1.807) is 6.92 Å². The fourth-order valence-corrected chi connectivity index (χ4v) is 1.39. The van der Waals surface area contributed by atoms with Crippen LogP contribution in [-0.2, 0) is 4.79 Å². The van der Waals surface area contributed by atoms with Crippen molar-refractivity contribution < 1.29 is 4.79 Å². The maximum Gasteiger partial charge on any atom is 0.216 e. The lowest BCUT2D eigenvalue weighted by Crippen LogP contribution is -2.30. The second-order valence-corrected chi connectivity index (χ2v) is 4.40. The van der Waals surface area contributed by atoms with E-state index in [1.807, 2.05) is 13.8 Å². The molecule has 0 spiro atoms. The summed E-state index contributed by atoms with van der Waals surface area (Å²) in [4.78, 5) is 10.6. The van der Waals surface area contributed by atoms with E-state index in [-0.39, 0.29) is 5.91 Å². The van der Waals surface area contributed by atoms with E-state index in [4.69, 9.17) is 0 Å². The number of rotatable bonds is 10. The second-order valence-electron chi connectivity index (χ2n) is 4.40. The fourth-order valence-electron chi connectivity index (χ4n) is 1.39. The first-order chi connectivity index (χ1) is 8.63. The van der Waals surface area contributed by atoms with Crippen molar-refractivity contribution in [3.63, 3.8) is 0 Å². The van der Waals surface area contributed by atoms with Crippen molar-refractivity contribution in [2.45, 2.75) is 59.9 Å². The normalized spacial score (nSPS) is 9.89. The van der Waals surface area contributed by atoms with Gasteiger partial charge in [-0.25, -0.2) is 0 Å². The lowest BCUT2D eigenvalue weighted by atomic mass is 10.2. The van der Waals surface area contributed by atoms with Crippen LogP contribution in [0.2, 0.25) is 0 Å². The quantitative estimate of drug-likeness (QED) is 0.525. The highest BCUT2D eigenvalue weighted by molar-refractivity contribution is 5.72. The van der Waals surface area contributed by atoms with Crippen LogP contribution in [0.25, 0.3) is 0 Å². The van der Waals surface area contributed by atoms with Gasteiger partial charge >= 0.3 is 0 Å².